The van der Waals surface area contributed by atoms with Crippen LogP contribution in [-0.2, 0) is 4.79 Å². The highest BCUT2D eigenvalue weighted by Crippen LogP contribution is 2.19. The topological polar surface area (TPSA) is 58.2 Å². The van der Waals surface area contributed by atoms with E-state index in [1.807, 2.05) is 42.5 Å². The highest BCUT2D eigenvalue weighted by atomic mass is 35.5. The van der Waals surface area contributed by atoms with Crippen molar-refractivity contribution in [3.63, 3.8) is 0 Å². The molecule has 6 heteroatoms. The van der Waals surface area contributed by atoms with E-state index in [4.69, 9.17) is 11.6 Å². The largest absolute Gasteiger partial charge is 0.355 e. The van der Waals surface area contributed by atoms with E-state index in [1.165, 1.54) is 0 Å². The van der Waals surface area contributed by atoms with Crippen LogP contribution in [0.1, 0.15) is 23.2 Å². The van der Waals surface area contributed by atoms with Crippen molar-refractivity contribution in [1.82, 2.24) is 10.6 Å². The molecule has 0 aliphatic rings. The van der Waals surface area contributed by atoms with Crippen molar-refractivity contribution >= 4 is 35.2 Å². The summed E-state index contributed by atoms with van der Waals surface area (Å²) in [5, 5.41) is 6.42. The Kier molecular flexibility index (Phi) is 8.35. The van der Waals surface area contributed by atoms with Gasteiger partial charge in [-0.05, 0) is 42.8 Å². The average molecular weight is 377 g/mol. The van der Waals surface area contributed by atoms with Gasteiger partial charge in [0.1, 0.15) is 0 Å². The Hall–Kier alpha value is -1.98. The van der Waals surface area contributed by atoms with E-state index < -0.39 is 0 Å². The molecule has 0 heterocycles. The highest BCUT2D eigenvalue weighted by molar-refractivity contribution is 7.99. The number of carbonyl (C=O) groups excluding carboxylic acids is 2. The quantitative estimate of drug-likeness (QED) is 0.517. The van der Waals surface area contributed by atoms with Crippen LogP contribution in [0.4, 0.5) is 0 Å². The summed E-state index contributed by atoms with van der Waals surface area (Å²) in [4.78, 5) is 24.7. The average Bonchev–Trinajstić information content (AvgIpc) is 2.64. The first kappa shape index (κ1) is 19.3. The van der Waals surface area contributed by atoms with Crippen LogP contribution in [0.25, 0.3) is 0 Å². The molecule has 0 saturated heterocycles. The third-order valence-corrected chi connectivity index (χ3v) is 4.67. The van der Waals surface area contributed by atoms with Gasteiger partial charge in [-0.1, -0.05) is 29.8 Å². The van der Waals surface area contributed by atoms with Gasteiger partial charge in [0.15, 0.2) is 0 Å². The van der Waals surface area contributed by atoms with Crippen LogP contribution in [0.2, 0.25) is 5.02 Å². The van der Waals surface area contributed by atoms with Crippen LogP contribution >= 0.6 is 23.4 Å². The zero-order valence-corrected chi connectivity index (χ0v) is 15.4. The number of hydrogen-bond acceptors (Lipinski definition) is 3. The van der Waals surface area contributed by atoms with E-state index in [0.717, 1.165) is 15.7 Å². The van der Waals surface area contributed by atoms with Crippen LogP contribution in [-0.4, -0.2) is 30.7 Å². The van der Waals surface area contributed by atoms with E-state index in [1.54, 1.807) is 23.9 Å². The summed E-state index contributed by atoms with van der Waals surface area (Å²) in [6.07, 6.45) is 1.02. The first-order valence-corrected chi connectivity index (χ1v) is 9.50. The van der Waals surface area contributed by atoms with Gasteiger partial charge in [-0.15, -0.1) is 11.8 Å². The molecule has 2 rings (SSSR count). The second-order valence-corrected chi connectivity index (χ2v) is 6.98. The Bertz CT molecular complexity index is 678. The van der Waals surface area contributed by atoms with Crippen LogP contribution in [0, 0.1) is 0 Å². The molecule has 2 amide bonds. The summed E-state index contributed by atoms with van der Waals surface area (Å²) >= 11 is 7.51. The minimum Gasteiger partial charge on any atom is -0.355 e. The van der Waals surface area contributed by atoms with Crippen molar-refractivity contribution in [1.29, 1.82) is 0 Å². The Morgan fingerprint density at radius 3 is 2.36 bits per heavy atom. The predicted molar refractivity (Wildman–Crippen MR) is 103 cm³/mol. The van der Waals surface area contributed by atoms with Gasteiger partial charge in [0, 0.05) is 40.7 Å². The number of carbonyl (C=O) groups is 2. The lowest BCUT2D eigenvalue weighted by Crippen LogP contribution is -2.28. The molecule has 2 aromatic rings. The van der Waals surface area contributed by atoms with Crippen molar-refractivity contribution in [2.45, 2.75) is 17.7 Å². The zero-order valence-electron chi connectivity index (χ0n) is 13.8. The molecule has 0 unspecified atom stereocenters. The summed E-state index contributed by atoms with van der Waals surface area (Å²) < 4.78 is 0. The Balaban J connectivity index is 1.52. The fourth-order valence-electron chi connectivity index (χ4n) is 2.12. The number of benzene rings is 2. The van der Waals surface area contributed by atoms with Gasteiger partial charge in [0.2, 0.25) is 5.91 Å². The maximum atomic E-state index is 11.8. The van der Waals surface area contributed by atoms with Gasteiger partial charge in [-0.25, -0.2) is 0 Å². The molecule has 0 radical (unpaired) electrons. The van der Waals surface area contributed by atoms with Gasteiger partial charge in [0.25, 0.3) is 5.91 Å². The van der Waals surface area contributed by atoms with Gasteiger partial charge in [0.05, 0.1) is 0 Å². The summed E-state index contributed by atoms with van der Waals surface area (Å²) in [6, 6.07) is 16.7. The summed E-state index contributed by atoms with van der Waals surface area (Å²) in [7, 11) is 0. The number of hydrogen-bond donors (Lipinski definition) is 2. The van der Waals surface area contributed by atoms with Crippen LogP contribution in [0.3, 0.4) is 0 Å². The smallest absolute Gasteiger partial charge is 0.251 e. The summed E-state index contributed by atoms with van der Waals surface area (Å²) in [6.45, 7) is 1.10. The molecule has 0 aromatic heterocycles. The normalized spacial score (nSPS) is 10.3. The fourth-order valence-corrected chi connectivity index (χ4v) is 3.02. The van der Waals surface area contributed by atoms with Crippen LogP contribution < -0.4 is 10.6 Å². The Labute approximate surface area is 157 Å². The second-order valence-electron chi connectivity index (χ2n) is 5.38. The lowest BCUT2D eigenvalue weighted by Gasteiger charge is -2.07. The molecule has 0 aliphatic heterocycles. The van der Waals surface area contributed by atoms with E-state index >= 15 is 0 Å². The third-order valence-electron chi connectivity index (χ3n) is 3.41. The van der Waals surface area contributed by atoms with Gasteiger partial charge in [-0.3, -0.25) is 9.59 Å². The molecule has 0 saturated carbocycles. The van der Waals surface area contributed by atoms with Crippen molar-refractivity contribution in [3.8, 4) is 0 Å². The van der Waals surface area contributed by atoms with Gasteiger partial charge in [-0.2, -0.15) is 0 Å². The predicted octanol–water partition coefficient (Wildman–Crippen LogP) is 3.76. The van der Waals surface area contributed by atoms with E-state index in [9.17, 15) is 9.59 Å². The van der Waals surface area contributed by atoms with Crippen LogP contribution in [0.5, 0.6) is 0 Å². The molecule has 0 fully saturated rings. The van der Waals surface area contributed by atoms with Crippen molar-refractivity contribution in [2.24, 2.45) is 0 Å². The molecule has 2 N–H and O–H groups in total. The molecule has 0 aliphatic carbocycles. The van der Waals surface area contributed by atoms with Gasteiger partial charge < -0.3 is 10.6 Å². The molecule has 2 aromatic carbocycles. The second kappa shape index (κ2) is 10.8. The number of halogens is 1. The maximum Gasteiger partial charge on any atom is 0.251 e. The summed E-state index contributed by atoms with van der Waals surface area (Å²) in [5.74, 6) is 0.698. The molecule has 132 valence electrons. The van der Waals surface area contributed by atoms with Crippen LogP contribution in [0.15, 0.2) is 59.5 Å². The molecule has 0 spiro atoms. The maximum absolute atomic E-state index is 11.8. The number of rotatable bonds is 9. The minimum absolute atomic E-state index is 0.00525. The molecular weight excluding hydrogens is 356 g/mol. The standard InChI is InChI=1S/C19H21ClN2O2S/c20-16-8-10-17(11-9-16)25-14-13-21-18(23)7-4-12-22-19(24)15-5-2-1-3-6-15/h1-3,5-6,8-11H,4,7,12-14H2,(H,21,23)(H,22,24). The van der Waals surface area contributed by atoms with E-state index in [0.29, 0.717) is 31.5 Å². The van der Waals surface area contributed by atoms with Crippen molar-refractivity contribution in [3.05, 3.63) is 65.2 Å². The monoisotopic (exact) mass is 376 g/mol. The molecular formula is C19H21ClN2O2S. The first-order valence-electron chi connectivity index (χ1n) is 8.13. The molecule has 0 atom stereocenters. The molecule has 4 nitrogen and oxygen atoms in total. The minimum atomic E-state index is -0.111. The zero-order chi connectivity index (χ0) is 17.9. The lowest BCUT2D eigenvalue weighted by molar-refractivity contribution is -0.121. The van der Waals surface area contributed by atoms with E-state index in [-0.39, 0.29) is 11.8 Å². The summed E-state index contributed by atoms with van der Waals surface area (Å²) in [5.41, 5.74) is 0.631. The number of nitrogens with one attached hydrogen (secondary N) is 2. The lowest BCUT2D eigenvalue weighted by atomic mass is 10.2. The Morgan fingerprint density at radius 1 is 0.920 bits per heavy atom. The molecule has 0 bridgehead atoms. The van der Waals surface area contributed by atoms with Gasteiger partial charge >= 0.3 is 0 Å². The van der Waals surface area contributed by atoms with Crippen molar-refractivity contribution < 1.29 is 9.59 Å². The van der Waals surface area contributed by atoms with E-state index in [2.05, 4.69) is 10.6 Å². The first-order chi connectivity index (χ1) is 12.1. The number of amides is 2. The SMILES string of the molecule is O=C(CCCNC(=O)c1ccccc1)NCCSc1ccc(Cl)cc1. The fraction of sp³-hybridized carbons (Fsp3) is 0.263. The Morgan fingerprint density at radius 2 is 1.64 bits per heavy atom. The molecule has 25 heavy (non-hydrogen) atoms. The number of thioether (sulfide) groups is 1. The van der Waals surface area contributed by atoms with Crippen molar-refractivity contribution in [2.75, 3.05) is 18.8 Å². The highest BCUT2D eigenvalue weighted by Gasteiger charge is 2.05. The third kappa shape index (κ3) is 7.63.